The van der Waals surface area contributed by atoms with Gasteiger partial charge in [0.25, 0.3) is 0 Å². The molecule has 0 aliphatic rings. The molecule has 8 heteroatoms. The summed E-state index contributed by atoms with van der Waals surface area (Å²) in [5, 5.41) is 11.2. The Morgan fingerprint density at radius 2 is 2.04 bits per heavy atom. The summed E-state index contributed by atoms with van der Waals surface area (Å²) in [6, 6.07) is 6.15. The zero-order chi connectivity index (χ0) is 17.4. The topological polar surface area (TPSA) is 64.1 Å². The summed E-state index contributed by atoms with van der Waals surface area (Å²) in [4.78, 5) is 11.6. The number of carbonyl (C=O) groups excluding carboxylic acids is 1. The smallest absolute Gasteiger partial charge is 0.230 e. The van der Waals surface area contributed by atoms with Gasteiger partial charge in [-0.2, -0.15) is 0 Å². The Labute approximate surface area is 155 Å². The van der Waals surface area contributed by atoms with E-state index in [1.807, 2.05) is 19.1 Å². The van der Waals surface area contributed by atoms with Crippen LogP contribution in [0.25, 0.3) is 0 Å². The Balaban J connectivity index is 1.86. The third kappa shape index (κ3) is 5.99. The SMILES string of the molecule is CCCNC(=O)CSc1nnc(SCc2cc(C)ccc2OC)s1. The molecule has 1 heterocycles. The van der Waals surface area contributed by atoms with Crippen LogP contribution in [0.1, 0.15) is 24.5 Å². The number of hydrogen-bond acceptors (Lipinski definition) is 7. The van der Waals surface area contributed by atoms with E-state index in [1.165, 1.54) is 28.7 Å². The molecular weight excluding hydrogens is 362 g/mol. The predicted octanol–water partition coefficient (Wildman–Crippen LogP) is 3.77. The van der Waals surface area contributed by atoms with Crippen LogP contribution in [-0.2, 0) is 10.5 Å². The quantitative estimate of drug-likeness (QED) is 0.665. The van der Waals surface area contributed by atoms with Crippen LogP contribution < -0.4 is 10.1 Å². The molecule has 0 atom stereocenters. The summed E-state index contributed by atoms with van der Waals surface area (Å²) in [6.07, 6.45) is 0.943. The van der Waals surface area contributed by atoms with E-state index < -0.39 is 0 Å². The summed E-state index contributed by atoms with van der Waals surface area (Å²) >= 11 is 4.58. The fourth-order valence-electron chi connectivity index (χ4n) is 1.92. The lowest BCUT2D eigenvalue weighted by molar-refractivity contribution is -0.118. The van der Waals surface area contributed by atoms with Gasteiger partial charge in [0.1, 0.15) is 5.75 Å². The maximum absolute atomic E-state index is 11.6. The van der Waals surface area contributed by atoms with Crippen molar-refractivity contribution in [3.05, 3.63) is 29.3 Å². The molecule has 0 unspecified atom stereocenters. The highest BCUT2D eigenvalue weighted by atomic mass is 32.2. The lowest BCUT2D eigenvalue weighted by Crippen LogP contribution is -2.25. The molecule has 1 N–H and O–H groups in total. The number of nitrogens with one attached hydrogen (secondary N) is 1. The first kappa shape index (κ1) is 19.1. The molecule has 0 saturated heterocycles. The number of carbonyl (C=O) groups is 1. The lowest BCUT2D eigenvalue weighted by Gasteiger charge is -2.08. The van der Waals surface area contributed by atoms with E-state index in [-0.39, 0.29) is 5.91 Å². The van der Waals surface area contributed by atoms with Gasteiger partial charge in [-0.3, -0.25) is 4.79 Å². The van der Waals surface area contributed by atoms with Gasteiger partial charge in [0.2, 0.25) is 5.91 Å². The van der Waals surface area contributed by atoms with Crippen LogP contribution in [0.15, 0.2) is 26.9 Å². The van der Waals surface area contributed by atoms with Crippen LogP contribution in [0, 0.1) is 6.92 Å². The number of benzene rings is 1. The molecule has 2 rings (SSSR count). The van der Waals surface area contributed by atoms with E-state index in [1.54, 1.807) is 18.9 Å². The zero-order valence-electron chi connectivity index (χ0n) is 14.0. The highest BCUT2D eigenvalue weighted by molar-refractivity contribution is 8.03. The van der Waals surface area contributed by atoms with E-state index in [0.29, 0.717) is 5.75 Å². The van der Waals surface area contributed by atoms with Gasteiger partial charge in [-0.25, -0.2) is 0 Å². The highest BCUT2D eigenvalue weighted by Gasteiger charge is 2.10. The van der Waals surface area contributed by atoms with Crippen LogP contribution in [0.5, 0.6) is 5.75 Å². The molecular formula is C16H21N3O2S3. The molecule has 1 aromatic carbocycles. The van der Waals surface area contributed by atoms with E-state index in [2.05, 4.69) is 28.5 Å². The minimum atomic E-state index is 0.0377. The Kier molecular flexibility index (Phi) is 7.87. The van der Waals surface area contributed by atoms with Crippen LogP contribution in [0.2, 0.25) is 0 Å². The van der Waals surface area contributed by atoms with Crippen molar-refractivity contribution < 1.29 is 9.53 Å². The van der Waals surface area contributed by atoms with Crippen molar-refractivity contribution in [1.82, 2.24) is 15.5 Å². The molecule has 0 spiro atoms. The number of ether oxygens (including phenoxy) is 1. The van der Waals surface area contributed by atoms with Crippen molar-refractivity contribution in [3.8, 4) is 5.75 Å². The number of methoxy groups -OCH3 is 1. The molecule has 1 amide bonds. The fraction of sp³-hybridized carbons (Fsp3) is 0.438. The average molecular weight is 384 g/mol. The third-order valence-electron chi connectivity index (χ3n) is 3.07. The second kappa shape index (κ2) is 9.90. The molecule has 0 aliphatic heterocycles. The number of amides is 1. The molecule has 24 heavy (non-hydrogen) atoms. The van der Waals surface area contributed by atoms with E-state index in [4.69, 9.17) is 4.74 Å². The minimum absolute atomic E-state index is 0.0377. The van der Waals surface area contributed by atoms with Gasteiger partial charge < -0.3 is 10.1 Å². The third-order valence-corrected chi connectivity index (χ3v) is 6.31. The summed E-state index contributed by atoms with van der Waals surface area (Å²) in [5.74, 6) is 2.09. The summed E-state index contributed by atoms with van der Waals surface area (Å²) in [6.45, 7) is 4.82. The van der Waals surface area contributed by atoms with E-state index in [0.717, 1.165) is 38.7 Å². The molecule has 0 fully saturated rings. The summed E-state index contributed by atoms with van der Waals surface area (Å²) in [7, 11) is 1.68. The molecule has 0 bridgehead atoms. The zero-order valence-corrected chi connectivity index (χ0v) is 16.4. The molecule has 5 nitrogen and oxygen atoms in total. The highest BCUT2D eigenvalue weighted by Crippen LogP contribution is 2.33. The van der Waals surface area contributed by atoms with Gasteiger partial charge in [-0.05, 0) is 19.4 Å². The Hall–Kier alpha value is -1.25. The van der Waals surface area contributed by atoms with Crippen molar-refractivity contribution in [2.24, 2.45) is 0 Å². The minimum Gasteiger partial charge on any atom is -0.496 e. The molecule has 0 radical (unpaired) electrons. The number of nitrogens with zero attached hydrogens (tertiary/aromatic N) is 2. The average Bonchev–Trinajstić information content (AvgIpc) is 3.04. The fourth-order valence-corrected chi connectivity index (χ4v) is 4.74. The standard InChI is InChI=1S/C16H21N3O2S3/c1-4-7-17-14(20)10-23-16-19-18-15(24-16)22-9-12-8-11(2)5-6-13(12)21-3/h5-6,8H,4,7,9-10H2,1-3H3,(H,17,20). The molecule has 0 saturated carbocycles. The van der Waals surface area contributed by atoms with Crippen molar-refractivity contribution in [3.63, 3.8) is 0 Å². The van der Waals surface area contributed by atoms with Crippen molar-refractivity contribution in [1.29, 1.82) is 0 Å². The first-order valence-corrected chi connectivity index (χ1v) is 10.4. The number of aromatic nitrogens is 2. The number of thioether (sulfide) groups is 2. The van der Waals surface area contributed by atoms with Gasteiger partial charge in [-0.15, -0.1) is 10.2 Å². The largest absolute Gasteiger partial charge is 0.496 e. The van der Waals surface area contributed by atoms with Gasteiger partial charge in [0, 0.05) is 17.9 Å². The number of aryl methyl sites for hydroxylation is 1. The van der Waals surface area contributed by atoms with Gasteiger partial charge >= 0.3 is 0 Å². The number of hydrogen-bond donors (Lipinski definition) is 1. The molecule has 1 aromatic heterocycles. The lowest BCUT2D eigenvalue weighted by atomic mass is 10.1. The van der Waals surface area contributed by atoms with Gasteiger partial charge in [0.05, 0.1) is 12.9 Å². The van der Waals surface area contributed by atoms with Crippen LogP contribution >= 0.6 is 34.9 Å². The van der Waals surface area contributed by atoms with Gasteiger partial charge in [0.15, 0.2) is 8.68 Å². The monoisotopic (exact) mass is 383 g/mol. The second-order valence-corrected chi connectivity index (χ2v) is 8.50. The maximum Gasteiger partial charge on any atom is 0.230 e. The van der Waals surface area contributed by atoms with E-state index >= 15 is 0 Å². The first-order valence-electron chi connectivity index (χ1n) is 7.61. The normalized spacial score (nSPS) is 10.6. The summed E-state index contributed by atoms with van der Waals surface area (Å²) < 4.78 is 7.11. The number of rotatable bonds is 9. The Bertz CT molecular complexity index is 676. The van der Waals surface area contributed by atoms with Crippen LogP contribution in [-0.4, -0.2) is 35.5 Å². The Morgan fingerprint density at radius 3 is 2.75 bits per heavy atom. The van der Waals surface area contributed by atoms with Crippen molar-refractivity contribution in [2.45, 2.75) is 34.7 Å². The first-order chi connectivity index (χ1) is 11.6. The van der Waals surface area contributed by atoms with Crippen LogP contribution in [0.4, 0.5) is 0 Å². The summed E-state index contributed by atoms with van der Waals surface area (Å²) in [5.41, 5.74) is 2.35. The van der Waals surface area contributed by atoms with Gasteiger partial charge in [-0.1, -0.05) is 59.5 Å². The van der Waals surface area contributed by atoms with Crippen molar-refractivity contribution in [2.75, 3.05) is 19.4 Å². The maximum atomic E-state index is 11.6. The van der Waals surface area contributed by atoms with Crippen molar-refractivity contribution >= 4 is 40.8 Å². The Morgan fingerprint density at radius 1 is 1.29 bits per heavy atom. The molecule has 0 aliphatic carbocycles. The second-order valence-electron chi connectivity index (χ2n) is 5.08. The van der Waals surface area contributed by atoms with E-state index in [9.17, 15) is 4.79 Å². The van der Waals surface area contributed by atoms with Crippen LogP contribution in [0.3, 0.4) is 0 Å². The molecule has 130 valence electrons. The predicted molar refractivity (Wildman–Crippen MR) is 101 cm³/mol. The molecule has 2 aromatic rings.